The standard InChI is InChI=1S/C18H19N3O3/c1-12(22)20-6-8-21(9-7-20)17-14-4-3-13(23-2)11-16(14)19-18-15(17)5-10-24-18/h3-5,10-11H,6-9H2,1-2H3. The number of nitrogens with zero attached hydrogens (tertiary/aromatic N) is 3. The Hall–Kier alpha value is -2.76. The van der Waals surface area contributed by atoms with Crippen molar-refractivity contribution in [3.8, 4) is 5.75 Å². The zero-order valence-corrected chi connectivity index (χ0v) is 13.8. The van der Waals surface area contributed by atoms with E-state index in [4.69, 9.17) is 9.15 Å². The predicted molar refractivity (Wildman–Crippen MR) is 92.5 cm³/mol. The smallest absolute Gasteiger partial charge is 0.228 e. The molecule has 3 aromatic rings. The van der Waals surface area contributed by atoms with Gasteiger partial charge < -0.3 is 19.0 Å². The number of piperazine rings is 1. The number of hydrogen-bond donors (Lipinski definition) is 0. The van der Waals surface area contributed by atoms with Gasteiger partial charge in [0.15, 0.2) is 0 Å². The SMILES string of the molecule is COc1ccc2c(N3CCN(C(C)=O)CC3)c3ccoc3nc2c1. The van der Waals surface area contributed by atoms with Crippen molar-refractivity contribution < 1.29 is 13.9 Å². The number of anilines is 1. The molecule has 1 saturated heterocycles. The van der Waals surface area contributed by atoms with Gasteiger partial charge in [-0.2, -0.15) is 0 Å². The van der Waals surface area contributed by atoms with Crippen LogP contribution in [0.4, 0.5) is 5.69 Å². The first kappa shape index (κ1) is 14.8. The second-order valence-electron chi connectivity index (χ2n) is 5.98. The van der Waals surface area contributed by atoms with Crippen LogP contribution in [0.15, 0.2) is 34.9 Å². The summed E-state index contributed by atoms with van der Waals surface area (Å²) in [5.74, 6) is 0.903. The Morgan fingerprint density at radius 2 is 1.96 bits per heavy atom. The van der Waals surface area contributed by atoms with Crippen LogP contribution in [0.1, 0.15) is 6.92 Å². The summed E-state index contributed by atoms with van der Waals surface area (Å²) in [6, 6.07) is 7.87. The molecule has 1 fully saturated rings. The number of aromatic nitrogens is 1. The molecule has 1 aliphatic heterocycles. The first-order chi connectivity index (χ1) is 11.7. The molecule has 1 amide bonds. The molecule has 0 radical (unpaired) electrons. The molecule has 1 aromatic carbocycles. The quantitative estimate of drug-likeness (QED) is 0.725. The lowest BCUT2D eigenvalue weighted by Crippen LogP contribution is -2.48. The molecule has 2 aromatic heterocycles. The third kappa shape index (κ3) is 2.35. The highest BCUT2D eigenvalue weighted by Crippen LogP contribution is 2.36. The molecule has 0 unspecified atom stereocenters. The molecule has 0 aliphatic carbocycles. The summed E-state index contributed by atoms with van der Waals surface area (Å²) in [5.41, 5.74) is 2.59. The van der Waals surface area contributed by atoms with Crippen LogP contribution in [-0.2, 0) is 4.79 Å². The van der Waals surface area contributed by atoms with Gasteiger partial charge in [-0.3, -0.25) is 4.79 Å². The van der Waals surface area contributed by atoms with Crippen molar-refractivity contribution in [2.75, 3.05) is 38.2 Å². The maximum absolute atomic E-state index is 11.6. The molecule has 0 atom stereocenters. The monoisotopic (exact) mass is 325 g/mol. The van der Waals surface area contributed by atoms with Crippen molar-refractivity contribution in [2.45, 2.75) is 6.92 Å². The van der Waals surface area contributed by atoms with Gasteiger partial charge in [0.05, 0.1) is 30.0 Å². The number of pyridine rings is 1. The number of ether oxygens (including phenoxy) is 1. The first-order valence-electron chi connectivity index (χ1n) is 8.03. The molecule has 0 spiro atoms. The van der Waals surface area contributed by atoms with Crippen LogP contribution >= 0.6 is 0 Å². The summed E-state index contributed by atoms with van der Waals surface area (Å²) >= 11 is 0. The maximum Gasteiger partial charge on any atom is 0.228 e. The minimum absolute atomic E-state index is 0.132. The Morgan fingerprint density at radius 1 is 1.17 bits per heavy atom. The van der Waals surface area contributed by atoms with Crippen LogP contribution in [0.5, 0.6) is 5.75 Å². The highest BCUT2D eigenvalue weighted by Gasteiger charge is 2.23. The van der Waals surface area contributed by atoms with Gasteiger partial charge in [0.2, 0.25) is 11.6 Å². The largest absolute Gasteiger partial charge is 0.497 e. The van der Waals surface area contributed by atoms with E-state index in [2.05, 4.69) is 9.88 Å². The van der Waals surface area contributed by atoms with Crippen LogP contribution in [0.3, 0.4) is 0 Å². The van der Waals surface area contributed by atoms with E-state index < -0.39 is 0 Å². The van der Waals surface area contributed by atoms with Gasteiger partial charge in [0.25, 0.3) is 0 Å². The van der Waals surface area contributed by atoms with E-state index in [1.165, 1.54) is 0 Å². The minimum Gasteiger partial charge on any atom is -0.497 e. The molecular weight excluding hydrogens is 306 g/mol. The van der Waals surface area contributed by atoms with Crippen LogP contribution in [0.25, 0.3) is 22.0 Å². The van der Waals surface area contributed by atoms with Crippen molar-refractivity contribution in [3.05, 3.63) is 30.5 Å². The van der Waals surface area contributed by atoms with Gasteiger partial charge in [0.1, 0.15) is 5.75 Å². The summed E-state index contributed by atoms with van der Waals surface area (Å²) < 4.78 is 10.9. The van der Waals surface area contributed by atoms with E-state index in [9.17, 15) is 4.79 Å². The number of rotatable bonds is 2. The van der Waals surface area contributed by atoms with Gasteiger partial charge in [-0.15, -0.1) is 0 Å². The Labute approximate surface area is 139 Å². The molecule has 1 aliphatic rings. The molecular formula is C18H19N3O3. The van der Waals surface area contributed by atoms with E-state index >= 15 is 0 Å². The third-order valence-corrected chi connectivity index (χ3v) is 4.62. The minimum atomic E-state index is 0.132. The normalized spacial score (nSPS) is 15.2. The zero-order valence-electron chi connectivity index (χ0n) is 13.8. The van der Waals surface area contributed by atoms with E-state index in [1.54, 1.807) is 20.3 Å². The van der Waals surface area contributed by atoms with Crippen molar-refractivity contribution in [2.24, 2.45) is 0 Å². The highest BCUT2D eigenvalue weighted by molar-refractivity contribution is 6.06. The van der Waals surface area contributed by atoms with E-state index in [0.29, 0.717) is 5.71 Å². The molecule has 6 heteroatoms. The zero-order chi connectivity index (χ0) is 16.7. The number of methoxy groups -OCH3 is 1. The second kappa shape index (κ2) is 5.70. The Kier molecular flexibility index (Phi) is 3.52. The molecule has 0 bridgehead atoms. The third-order valence-electron chi connectivity index (χ3n) is 4.62. The van der Waals surface area contributed by atoms with Gasteiger partial charge in [-0.1, -0.05) is 0 Å². The maximum atomic E-state index is 11.6. The number of carbonyl (C=O) groups excluding carboxylic acids is 1. The van der Waals surface area contributed by atoms with Crippen LogP contribution in [0, 0.1) is 0 Å². The summed E-state index contributed by atoms with van der Waals surface area (Å²) in [5, 5.41) is 2.07. The average molecular weight is 325 g/mol. The lowest BCUT2D eigenvalue weighted by atomic mass is 10.1. The number of furan rings is 1. The molecule has 0 N–H and O–H groups in total. The van der Waals surface area contributed by atoms with Crippen molar-refractivity contribution in [3.63, 3.8) is 0 Å². The fourth-order valence-corrected chi connectivity index (χ4v) is 3.34. The van der Waals surface area contributed by atoms with Crippen molar-refractivity contribution in [1.29, 1.82) is 0 Å². The highest BCUT2D eigenvalue weighted by atomic mass is 16.5. The summed E-state index contributed by atoms with van der Waals surface area (Å²) in [6.45, 7) is 4.68. The Balaban J connectivity index is 1.83. The fraction of sp³-hybridized carbons (Fsp3) is 0.333. The number of carbonyl (C=O) groups is 1. The van der Waals surface area contributed by atoms with Crippen LogP contribution < -0.4 is 9.64 Å². The van der Waals surface area contributed by atoms with Gasteiger partial charge in [-0.25, -0.2) is 4.98 Å². The lowest BCUT2D eigenvalue weighted by molar-refractivity contribution is -0.129. The Morgan fingerprint density at radius 3 is 2.67 bits per heavy atom. The molecule has 6 nitrogen and oxygen atoms in total. The molecule has 24 heavy (non-hydrogen) atoms. The van der Waals surface area contributed by atoms with Gasteiger partial charge in [-0.05, 0) is 18.2 Å². The fourth-order valence-electron chi connectivity index (χ4n) is 3.34. The molecule has 0 saturated carbocycles. The number of benzene rings is 1. The lowest BCUT2D eigenvalue weighted by Gasteiger charge is -2.36. The Bertz CT molecular complexity index is 910. The number of fused-ring (bicyclic) bond motifs is 2. The summed E-state index contributed by atoms with van der Waals surface area (Å²) in [6.07, 6.45) is 1.67. The summed E-state index contributed by atoms with van der Waals surface area (Å²) in [4.78, 5) is 20.4. The van der Waals surface area contributed by atoms with Crippen LogP contribution in [-0.4, -0.2) is 49.1 Å². The van der Waals surface area contributed by atoms with E-state index in [-0.39, 0.29) is 5.91 Å². The number of amides is 1. The van der Waals surface area contributed by atoms with Gasteiger partial charge in [0, 0.05) is 44.6 Å². The van der Waals surface area contributed by atoms with Crippen molar-refractivity contribution in [1.82, 2.24) is 9.88 Å². The van der Waals surface area contributed by atoms with E-state index in [1.807, 2.05) is 29.2 Å². The molecule has 3 heterocycles. The number of hydrogen-bond acceptors (Lipinski definition) is 5. The summed E-state index contributed by atoms with van der Waals surface area (Å²) in [7, 11) is 1.65. The molecule has 124 valence electrons. The molecule has 4 rings (SSSR count). The average Bonchev–Trinajstić information content (AvgIpc) is 3.07. The first-order valence-corrected chi connectivity index (χ1v) is 8.03. The topological polar surface area (TPSA) is 58.8 Å². The van der Waals surface area contributed by atoms with Gasteiger partial charge >= 0.3 is 0 Å². The van der Waals surface area contributed by atoms with Crippen molar-refractivity contribution >= 4 is 33.6 Å². The second-order valence-corrected chi connectivity index (χ2v) is 5.98. The van der Waals surface area contributed by atoms with Crippen LogP contribution in [0.2, 0.25) is 0 Å². The predicted octanol–water partition coefficient (Wildman–Crippen LogP) is 2.66. The van der Waals surface area contributed by atoms with E-state index in [0.717, 1.165) is 53.9 Å².